The molecular formula is C10H6N8. The highest BCUT2D eigenvalue weighted by atomic mass is 15.4. The molecule has 4 rings (SSSR count). The molecule has 2 aliphatic heterocycles. The number of aromatic nitrogens is 4. The van der Waals surface area contributed by atoms with E-state index in [-0.39, 0.29) is 0 Å². The molecule has 0 saturated carbocycles. The molecule has 0 fully saturated rings. The van der Waals surface area contributed by atoms with Gasteiger partial charge in [0.1, 0.15) is 22.8 Å². The van der Waals surface area contributed by atoms with Gasteiger partial charge >= 0.3 is 0 Å². The van der Waals surface area contributed by atoms with Crippen molar-refractivity contribution in [1.29, 1.82) is 0 Å². The van der Waals surface area contributed by atoms with Crippen molar-refractivity contribution in [3.8, 4) is 0 Å². The maximum Gasteiger partial charge on any atom is 0.202 e. The Morgan fingerprint density at radius 3 is 2.44 bits per heavy atom. The summed E-state index contributed by atoms with van der Waals surface area (Å²) in [6, 6.07) is 0. The summed E-state index contributed by atoms with van der Waals surface area (Å²) in [7, 11) is 0. The Hall–Kier alpha value is -2.90. The zero-order valence-electron chi connectivity index (χ0n) is 8.99. The van der Waals surface area contributed by atoms with Gasteiger partial charge in [0.05, 0.1) is 0 Å². The van der Waals surface area contributed by atoms with E-state index in [9.17, 15) is 0 Å². The number of fused-ring (bicyclic) bond motifs is 2. The van der Waals surface area contributed by atoms with Crippen molar-refractivity contribution >= 4 is 23.0 Å². The summed E-state index contributed by atoms with van der Waals surface area (Å²) < 4.78 is 0. The highest BCUT2D eigenvalue weighted by Crippen LogP contribution is 2.37. The van der Waals surface area contributed by atoms with Gasteiger partial charge < -0.3 is 0 Å². The van der Waals surface area contributed by atoms with Crippen molar-refractivity contribution in [2.24, 2.45) is 10.2 Å². The first-order chi connectivity index (χ1) is 8.93. The highest BCUT2D eigenvalue weighted by molar-refractivity contribution is 5.95. The standard InChI is InChI=1S/C10H6N8/c1-3-13-9-7(11-1)5(15-17-9)6-8-10(18-16-6)14-4-2-12-8/h1-4,15H,(H,13,17). The van der Waals surface area contributed by atoms with Gasteiger partial charge in [-0.2, -0.15) is 0 Å². The first-order valence-corrected chi connectivity index (χ1v) is 5.24. The molecule has 0 spiro atoms. The Labute approximate surface area is 101 Å². The van der Waals surface area contributed by atoms with Gasteiger partial charge in [-0.3, -0.25) is 10.9 Å². The average Bonchev–Trinajstić information content (AvgIpc) is 3.01. The Morgan fingerprint density at radius 2 is 1.50 bits per heavy atom. The predicted molar refractivity (Wildman–Crippen MR) is 62.2 cm³/mol. The zero-order valence-corrected chi connectivity index (χ0v) is 8.99. The number of hydrogen-bond acceptors (Lipinski definition) is 8. The van der Waals surface area contributed by atoms with Crippen LogP contribution in [0, 0.1) is 0 Å². The van der Waals surface area contributed by atoms with Crippen molar-refractivity contribution in [3.63, 3.8) is 0 Å². The molecular weight excluding hydrogens is 232 g/mol. The number of hydrogen-bond donors (Lipinski definition) is 2. The minimum atomic E-state index is 0.513. The third-order valence-corrected chi connectivity index (χ3v) is 2.63. The van der Waals surface area contributed by atoms with Gasteiger partial charge in [-0.1, -0.05) is 0 Å². The predicted octanol–water partition coefficient (Wildman–Crippen LogP) is 1.12. The molecule has 0 saturated heterocycles. The fraction of sp³-hybridized carbons (Fsp3) is 0. The van der Waals surface area contributed by atoms with Crippen LogP contribution in [0.4, 0.5) is 11.6 Å². The molecule has 0 amide bonds. The molecule has 2 aromatic rings. The zero-order chi connectivity index (χ0) is 11.9. The molecule has 8 heteroatoms. The second-order valence-corrected chi connectivity index (χ2v) is 3.66. The first-order valence-electron chi connectivity index (χ1n) is 5.24. The second kappa shape index (κ2) is 3.29. The van der Waals surface area contributed by atoms with Gasteiger partial charge in [-0.05, 0) is 0 Å². The lowest BCUT2D eigenvalue weighted by atomic mass is 10.2. The smallest absolute Gasteiger partial charge is 0.202 e. The maximum atomic E-state index is 4.26. The largest absolute Gasteiger partial charge is 0.295 e. The lowest BCUT2D eigenvalue weighted by Gasteiger charge is -2.01. The fourth-order valence-corrected chi connectivity index (χ4v) is 1.85. The monoisotopic (exact) mass is 238 g/mol. The lowest BCUT2D eigenvalue weighted by Crippen LogP contribution is -2.12. The van der Waals surface area contributed by atoms with Crippen LogP contribution in [-0.2, 0) is 0 Å². The molecule has 0 bridgehead atoms. The quantitative estimate of drug-likeness (QED) is 0.713. The van der Waals surface area contributed by atoms with Crippen molar-refractivity contribution in [1.82, 2.24) is 25.4 Å². The molecule has 0 atom stereocenters. The minimum Gasteiger partial charge on any atom is -0.295 e. The van der Waals surface area contributed by atoms with Crippen molar-refractivity contribution in [2.45, 2.75) is 0 Å². The summed E-state index contributed by atoms with van der Waals surface area (Å²) in [6.07, 6.45) is 6.43. The minimum absolute atomic E-state index is 0.513. The van der Waals surface area contributed by atoms with E-state index in [2.05, 4.69) is 41.0 Å². The average molecular weight is 238 g/mol. The molecule has 86 valence electrons. The van der Waals surface area contributed by atoms with Crippen LogP contribution >= 0.6 is 0 Å². The molecule has 2 N–H and O–H groups in total. The number of anilines is 1. The van der Waals surface area contributed by atoms with Crippen LogP contribution in [0.1, 0.15) is 11.4 Å². The summed E-state index contributed by atoms with van der Waals surface area (Å²) in [6.45, 7) is 0. The maximum absolute atomic E-state index is 4.26. The SMILES string of the molecule is c1cnc2c(n1)N=NC2=C1NNc2nccnc21. The van der Waals surface area contributed by atoms with Crippen molar-refractivity contribution < 1.29 is 0 Å². The van der Waals surface area contributed by atoms with Crippen LogP contribution in [0.5, 0.6) is 0 Å². The van der Waals surface area contributed by atoms with E-state index in [1.165, 1.54) is 0 Å². The molecule has 0 aliphatic carbocycles. The van der Waals surface area contributed by atoms with E-state index in [1.54, 1.807) is 24.8 Å². The number of nitrogens with one attached hydrogen (secondary N) is 2. The van der Waals surface area contributed by atoms with Gasteiger partial charge in [-0.25, -0.2) is 19.9 Å². The van der Waals surface area contributed by atoms with Crippen LogP contribution in [0.25, 0.3) is 11.4 Å². The molecule has 0 unspecified atom stereocenters. The summed E-state index contributed by atoms with van der Waals surface area (Å²) in [5.74, 6) is 1.17. The number of rotatable bonds is 0. The van der Waals surface area contributed by atoms with Crippen LogP contribution in [-0.4, -0.2) is 19.9 Å². The van der Waals surface area contributed by atoms with Gasteiger partial charge in [0.2, 0.25) is 5.82 Å². The third kappa shape index (κ3) is 1.14. The molecule has 8 nitrogen and oxygen atoms in total. The van der Waals surface area contributed by atoms with E-state index in [1.807, 2.05) is 0 Å². The van der Waals surface area contributed by atoms with E-state index >= 15 is 0 Å². The normalized spacial score (nSPS) is 19.1. The molecule has 2 aliphatic rings. The summed E-state index contributed by atoms with van der Waals surface area (Å²) >= 11 is 0. The third-order valence-electron chi connectivity index (χ3n) is 2.63. The molecule has 18 heavy (non-hydrogen) atoms. The summed E-state index contributed by atoms with van der Waals surface area (Å²) in [5, 5.41) is 8.07. The first kappa shape index (κ1) is 9.16. The molecule has 0 aromatic carbocycles. The van der Waals surface area contributed by atoms with Gasteiger partial charge in [-0.15, -0.1) is 10.2 Å². The molecule has 2 aromatic heterocycles. The number of nitrogens with zero attached hydrogens (tertiary/aromatic N) is 6. The van der Waals surface area contributed by atoms with Crippen LogP contribution in [0.3, 0.4) is 0 Å². The van der Waals surface area contributed by atoms with E-state index in [4.69, 9.17) is 0 Å². The van der Waals surface area contributed by atoms with Gasteiger partial charge in [0.15, 0.2) is 5.82 Å². The van der Waals surface area contributed by atoms with Crippen LogP contribution in [0.15, 0.2) is 35.0 Å². The van der Waals surface area contributed by atoms with Crippen LogP contribution in [0.2, 0.25) is 0 Å². The summed E-state index contributed by atoms with van der Waals surface area (Å²) in [5.41, 5.74) is 8.58. The lowest BCUT2D eigenvalue weighted by molar-refractivity contribution is 1.11. The van der Waals surface area contributed by atoms with E-state index in [0.29, 0.717) is 34.4 Å². The molecule has 4 heterocycles. The molecule has 0 radical (unpaired) electrons. The Morgan fingerprint density at radius 1 is 0.722 bits per heavy atom. The highest BCUT2D eigenvalue weighted by Gasteiger charge is 2.27. The Kier molecular flexibility index (Phi) is 1.68. The number of azo groups is 1. The van der Waals surface area contributed by atoms with E-state index < -0.39 is 0 Å². The van der Waals surface area contributed by atoms with E-state index in [0.717, 1.165) is 0 Å². The topological polar surface area (TPSA) is 100 Å². The Balaban J connectivity index is 1.96. The second-order valence-electron chi connectivity index (χ2n) is 3.66. The number of hydrazine groups is 1. The summed E-state index contributed by atoms with van der Waals surface area (Å²) in [4.78, 5) is 16.8. The van der Waals surface area contributed by atoms with Gasteiger partial charge in [0, 0.05) is 24.8 Å². The van der Waals surface area contributed by atoms with Crippen molar-refractivity contribution in [2.75, 3.05) is 5.43 Å². The van der Waals surface area contributed by atoms with Crippen LogP contribution < -0.4 is 10.9 Å². The Bertz CT molecular complexity index is 705. The van der Waals surface area contributed by atoms with Crippen molar-refractivity contribution in [3.05, 3.63) is 36.2 Å². The van der Waals surface area contributed by atoms with Gasteiger partial charge in [0.25, 0.3) is 0 Å². The fourth-order valence-electron chi connectivity index (χ4n) is 1.85.